The van der Waals surface area contributed by atoms with Crippen LogP contribution < -0.4 is 5.32 Å². The molecule has 0 radical (unpaired) electrons. The number of rotatable bonds is 6. The molecule has 3 aromatic rings. The van der Waals surface area contributed by atoms with Gasteiger partial charge in [-0.3, -0.25) is 9.48 Å². The van der Waals surface area contributed by atoms with Gasteiger partial charge in [-0.2, -0.15) is 5.10 Å². The molecule has 1 aliphatic rings. The Kier molecular flexibility index (Phi) is 5.31. The summed E-state index contributed by atoms with van der Waals surface area (Å²) in [6.45, 7) is 3.05. The van der Waals surface area contributed by atoms with Gasteiger partial charge in [-0.1, -0.05) is 6.07 Å². The zero-order chi connectivity index (χ0) is 20.5. The molecule has 1 aliphatic heterocycles. The molecule has 0 aliphatic carbocycles. The maximum atomic E-state index is 14.6. The monoisotopic (exact) mass is 417 g/mol. The molecule has 0 fully saturated rings. The number of aryl methyl sites for hydroxylation is 1. The second-order valence-electron chi connectivity index (χ2n) is 7.25. The summed E-state index contributed by atoms with van der Waals surface area (Å²) < 4.78 is 32.9. The van der Waals surface area contributed by atoms with E-state index >= 15 is 0 Å². The van der Waals surface area contributed by atoms with Gasteiger partial charge in [0.15, 0.2) is 4.77 Å². The predicted molar refractivity (Wildman–Crippen MR) is 106 cm³/mol. The lowest BCUT2D eigenvalue weighted by molar-refractivity contribution is -0.120. The van der Waals surface area contributed by atoms with Gasteiger partial charge in [0, 0.05) is 48.4 Å². The van der Waals surface area contributed by atoms with Gasteiger partial charge < -0.3 is 14.9 Å². The molecule has 152 valence electrons. The summed E-state index contributed by atoms with van der Waals surface area (Å²) >= 11 is 5.36. The van der Waals surface area contributed by atoms with Gasteiger partial charge in [-0.25, -0.2) is 8.78 Å². The Morgan fingerprint density at radius 3 is 3.00 bits per heavy atom. The Bertz CT molecular complexity index is 1100. The van der Waals surface area contributed by atoms with Crippen molar-refractivity contribution >= 4 is 18.1 Å². The number of carbonyl (C=O) groups is 1. The molecule has 6 nitrogen and oxygen atoms in total. The quantitative estimate of drug-likeness (QED) is 0.606. The number of hydrogen-bond donors (Lipinski definition) is 2. The fourth-order valence-corrected chi connectivity index (χ4v) is 4.16. The summed E-state index contributed by atoms with van der Waals surface area (Å²) in [6.07, 6.45) is 4.08. The van der Waals surface area contributed by atoms with E-state index in [9.17, 15) is 13.6 Å². The molecule has 0 bridgehead atoms. The highest BCUT2D eigenvalue weighted by Gasteiger charge is 2.31. The largest absolute Gasteiger partial charge is 0.354 e. The van der Waals surface area contributed by atoms with E-state index in [0.717, 1.165) is 5.69 Å². The van der Waals surface area contributed by atoms with Gasteiger partial charge >= 0.3 is 0 Å². The van der Waals surface area contributed by atoms with Crippen LogP contribution in [0.2, 0.25) is 0 Å². The molecular weight excluding hydrogens is 396 g/mol. The standard InChI is InChI=1S/C20H21F2N5OS/c1-12-3-4-14(21)18(19(12)22)13-9-16-15(25-20(29)27(16)11-13)10-17(28)23-6-8-26-7-2-5-24-26/h2-5,7,13H,6,8-11H2,1H3,(H,23,28)(H,25,29)/t13-/m1/s1. The molecule has 0 unspecified atom stereocenters. The number of aromatic amines is 1. The van der Waals surface area contributed by atoms with Crippen molar-refractivity contribution < 1.29 is 13.6 Å². The number of amides is 1. The second-order valence-corrected chi connectivity index (χ2v) is 7.64. The van der Waals surface area contributed by atoms with Crippen LogP contribution in [0, 0.1) is 23.3 Å². The number of benzene rings is 1. The average Bonchev–Trinajstić information content (AvgIpc) is 3.39. The Morgan fingerprint density at radius 2 is 2.24 bits per heavy atom. The molecule has 1 amide bonds. The van der Waals surface area contributed by atoms with Crippen LogP contribution >= 0.6 is 12.2 Å². The van der Waals surface area contributed by atoms with Gasteiger partial charge in [0.25, 0.3) is 0 Å². The SMILES string of the molecule is Cc1ccc(F)c([C@@H]2Cc3c(CC(=O)NCCn4cccn4)[nH]c(=S)n3C2)c1F. The predicted octanol–water partition coefficient (Wildman–Crippen LogP) is 3.03. The fraction of sp³-hybridized carbons (Fsp3) is 0.350. The molecule has 0 spiro atoms. The molecule has 1 atom stereocenters. The first kappa shape index (κ1) is 19.5. The Morgan fingerprint density at radius 1 is 1.41 bits per heavy atom. The summed E-state index contributed by atoms with van der Waals surface area (Å²) in [5.41, 5.74) is 2.04. The van der Waals surface area contributed by atoms with E-state index in [0.29, 0.717) is 42.1 Å². The number of nitrogens with zero attached hydrogens (tertiary/aromatic N) is 3. The molecule has 2 aromatic heterocycles. The smallest absolute Gasteiger partial charge is 0.226 e. The van der Waals surface area contributed by atoms with E-state index in [2.05, 4.69) is 15.4 Å². The molecule has 3 heterocycles. The van der Waals surface area contributed by atoms with E-state index in [1.807, 2.05) is 16.8 Å². The van der Waals surface area contributed by atoms with Crippen LogP contribution in [-0.2, 0) is 30.7 Å². The molecular formula is C20H21F2N5OS. The third-order valence-corrected chi connectivity index (χ3v) is 5.63. The van der Waals surface area contributed by atoms with Crippen LogP contribution in [0.3, 0.4) is 0 Å². The van der Waals surface area contributed by atoms with Crippen molar-refractivity contribution in [2.24, 2.45) is 0 Å². The summed E-state index contributed by atoms with van der Waals surface area (Å²) in [6, 6.07) is 4.56. The van der Waals surface area contributed by atoms with Crippen LogP contribution in [0.25, 0.3) is 0 Å². The molecule has 9 heteroatoms. The Hall–Kier alpha value is -2.81. The highest BCUT2D eigenvalue weighted by Crippen LogP contribution is 2.35. The van der Waals surface area contributed by atoms with E-state index in [1.54, 1.807) is 17.8 Å². The maximum absolute atomic E-state index is 14.6. The number of halogens is 2. The van der Waals surface area contributed by atoms with E-state index in [-0.39, 0.29) is 23.8 Å². The van der Waals surface area contributed by atoms with Crippen molar-refractivity contribution in [3.05, 3.63) is 69.5 Å². The highest BCUT2D eigenvalue weighted by molar-refractivity contribution is 7.71. The van der Waals surface area contributed by atoms with Gasteiger partial charge in [-0.15, -0.1) is 0 Å². The minimum atomic E-state index is -0.545. The van der Waals surface area contributed by atoms with Crippen molar-refractivity contribution in [1.29, 1.82) is 0 Å². The summed E-state index contributed by atoms with van der Waals surface area (Å²) in [5, 5.41) is 6.94. The van der Waals surface area contributed by atoms with Crippen molar-refractivity contribution in [2.45, 2.75) is 38.8 Å². The zero-order valence-electron chi connectivity index (χ0n) is 15.9. The Balaban J connectivity index is 1.46. The summed E-state index contributed by atoms with van der Waals surface area (Å²) in [7, 11) is 0. The third kappa shape index (κ3) is 3.87. The number of carbonyl (C=O) groups excluding carboxylic acids is 1. The fourth-order valence-electron chi connectivity index (χ4n) is 3.86. The van der Waals surface area contributed by atoms with Crippen LogP contribution in [0.5, 0.6) is 0 Å². The van der Waals surface area contributed by atoms with Crippen molar-refractivity contribution in [2.75, 3.05) is 6.54 Å². The van der Waals surface area contributed by atoms with Crippen molar-refractivity contribution in [3.8, 4) is 0 Å². The first-order chi connectivity index (χ1) is 13.9. The molecule has 1 aromatic carbocycles. The lowest BCUT2D eigenvalue weighted by Gasteiger charge is -2.13. The Labute approximate surface area is 171 Å². The molecule has 29 heavy (non-hydrogen) atoms. The van der Waals surface area contributed by atoms with Crippen LogP contribution in [0.4, 0.5) is 8.78 Å². The van der Waals surface area contributed by atoms with Gasteiger partial charge in [0.2, 0.25) is 5.91 Å². The minimum Gasteiger partial charge on any atom is -0.354 e. The highest BCUT2D eigenvalue weighted by atomic mass is 32.1. The lowest BCUT2D eigenvalue weighted by atomic mass is 9.93. The van der Waals surface area contributed by atoms with Crippen molar-refractivity contribution in [3.63, 3.8) is 0 Å². The van der Waals surface area contributed by atoms with Gasteiger partial charge in [-0.05, 0) is 43.3 Å². The summed E-state index contributed by atoms with van der Waals surface area (Å²) in [5.74, 6) is -1.54. The molecule has 4 rings (SSSR count). The van der Waals surface area contributed by atoms with Crippen molar-refractivity contribution in [1.82, 2.24) is 24.6 Å². The minimum absolute atomic E-state index is 0.0951. The lowest BCUT2D eigenvalue weighted by Crippen LogP contribution is -2.29. The number of nitrogens with one attached hydrogen (secondary N) is 2. The first-order valence-electron chi connectivity index (χ1n) is 9.43. The number of fused-ring (bicyclic) bond motifs is 1. The number of H-pyrrole nitrogens is 1. The van der Waals surface area contributed by atoms with Gasteiger partial charge in [0.1, 0.15) is 11.6 Å². The molecule has 0 saturated heterocycles. The number of aromatic nitrogens is 4. The summed E-state index contributed by atoms with van der Waals surface area (Å²) in [4.78, 5) is 15.4. The zero-order valence-corrected chi connectivity index (χ0v) is 16.7. The van der Waals surface area contributed by atoms with E-state index < -0.39 is 11.6 Å². The van der Waals surface area contributed by atoms with Crippen LogP contribution in [-0.4, -0.2) is 31.8 Å². The number of imidazole rings is 1. The third-order valence-electron chi connectivity index (χ3n) is 5.31. The number of hydrogen-bond acceptors (Lipinski definition) is 3. The van der Waals surface area contributed by atoms with Gasteiger partial charge in [0.05, 0.1) is 13.0 Å². The molecule has 2 N–H and O–H groups in total. The van der Waals surface area contributed by atoms with Crippen LogP contribution in [0.15, 0.2) is 30.6 Å². The second kappa shape index (κ2) is 7.90. The normalized spacial score (nSPS) is 15.5. The van der Waals surface area contributed by atoms with E-state index in [4.69, 9.17) is 12.2 Å². The average molecular weight is 417 g/mol. The topological polar surface area (TPSA) is 67.6 Å². The molecule has 0 saturated carbocycles. The van der Waals surface area contributed by atoms with E-state index in [1.165, 1.54) is 12.1 Å². The first-order valence-corrected chi connectivity index (χ1v) is 9.84. The maximum Gasteiger partial charge on any atom is 0.226 e. The van der Waals surface area contributed by atoms with Crippen LogP contribution in [0.1, 0.15) is 28.4 Å².